The average molecular weight is 634 g/mol. The molecule has 48 heavy (non-hydrogen) atoms. The van der Waals surface area contributed by atoms with Crippen molar-refractivity contribution in [3.05, 3.63) is 170 Å². The molecule has 10 rings (SSSR count). The van der Waals surface area contributed by atoms with Crippen LogP contribution in [0.3, 0.4) is 0 Å². The lowest BCUT2D eigenvalue weighted by Crippen LogP contribution is -1.98. The summed E-state index contributed by atoms with van der Waals surface area (Å²) in [6.45, 7) is 0. The topological polar surface area (TPSA) is 17.8 Å². The number of para-hydroxylation sites is 2. The highest BCUT2D eigenvalue weighted by Crippen LogP contribution is 2.48. The van der Waals surface area contributed by atoms with Crippen molar-refractivity contribution in [2.75, 3.05) is 0 Å². The summed E-state index contributed by atoms with van der Waals surface area (Å²) in [4.78, 5) is 4.88. The molecule has 0 aliphatic heterocycles. The van der Waals surface area contributed by atoms with Crippen molar-refractivity contribution in [2.24, 2.45) is 0 Å². The zero-order chi connectivity index (χ0) is 36.0. The second-order valence-corrected chi connectivity index (χ2v) is 13.0. The predicted molar refractivity (Wildman–Crippen MR) is 205 cm³/mol. The summed E-state index contributed by atoms with van der Waals surface area (Å²) < 4.78 is 47.1. The molecule has 8 aromatic carbocycles. The van der Waals surface area contributed by atoms with E-state index in [1.54, 1.807) is 0 Å². The Morgan fingerprint density at radius 1 is 0.521 bits per heavy atom. The summed E-state index contributed by atoms with van der Waals surface area (Å²) in [6, 6.07) is 46.6. The van der Waals surface area contributed by atoms with Crippen LogP contribution in [-0.4, -0.2) is 9.55 Å². The molecule has 0 atom stereocenters. The van der Waals surface area contributed by atoms with Gasteiger partial charge >= 0.3 is 0 Å². The number of imidazole rings is 1. The highest BCUT2D eigenvalue weighted by atomic mass is 32.1. The number of aromatic nitrogens is 2. The molecule has 0 bridgehead atoms. The number of benzene rings is 8. The lowest BCUT2D eigenvalue weighted by Gasteiger charge is -2.19. The molecule has 0 aliphatic carbocycles. The third-order valence-electron chi connectivity index (χ3n) is 9.28. The normalized spacial score (nSPS) is 13.2. The van der Waals surface area contributed by atoms with Gasteiger partial charge in [0, 0.05) is 31.4 Å². The van der Waals surface area contributed by atoms with E-state index < -0.39 is 18.1 Å². The highest BCUT2D eigenvalue weighted by Gasteiger charge is 2.20. The minimum absolute atomic E-state index is 0.0629. The van der Waals surface area contributed by atoms with Gasteiger partial charge in [-0.15, -0.1) is 11.3 Å². The second kappa shape index (κ2) is 10.8. The molecule has 3 heteroatoms. The van der Waals surface area contributed by atoms with Crippen molar-refractivity contribution in [1.82, 2.24) is 9.55 Å². The quantitative estimate of drug-likeness (QED) is 0.176. The first-order chi connectivity index (χ1) is 25.9. The number of fused-ring (bicyclic) bond motifs is 6. The molecule has 2 heterocycles. The maximum atomic E-state index is 8.81. The van der Waals surface area contributed by atoms with Gasteiger partial charge in [-0.1, -0.05) is 133 Å². The van der Waals surface area contributed by atoms with E-state index in [9.17, 15) is 0 Å². The maximum absolute atomic E-state index is 8.81. The Labute approximate surface area is 288 Å². The summed E-state index contributed by atoms with van der Waals surface area (Å²) in [6.07, 6.45) is 0. The van der Waals surface area contributed by atoms with E-state index in [-0.39, 0.29) is 17.6 Å². The van der Waals surface area contributed by atoms with Gasteiger partial charge in [-0.3, -0.25) is 4.57 Å². The molecule has 0 amide bonds. The number of hydrogen-bond acceptors (Lipinski definition) is 2. The molecule has 0 spiro atoms. The standard InChI is InChI=1S/C45H28N2S/c1-2-14-29(15-3-1)45-46-38-24-9-10-25-39(38)47(45)31-17-12-16-30(28-31)42-32-18-4-6-20-34(32)43(35-21-7-5-19-33(35)42)37-23-13-27-41-44(37)36-22-8-11-26-40(36)48-41/h1-28H/i1D,2D,3D,14D,15D. The van der Waals surface area contributed by atoms with Gasteiger partial charge in [-0.25, -0.2) is 4.98 Å². The van der Waals surface area contributed by atoms with Gasteiger partial charge in [-0.2, -0.15) is 0 Å². The van der Waals surface area contributed by atoms with Crippen LogP contribution in [-0.2, 0) is 0 Å². The van der Waals surface area contributed by atoms with Crippen molar-refractivity contribution < 1.29 is 6.85 Å². The van der Waals surface area contributed by atoms with Gasteiger partial charge in [0.1, 0.15) is 5.82 Å². The molecule has 0 radical (unpaired) electrons. The average Bonchev–Trinajstić information content (AvgIpc) is 3.77. The number of hydrogen-bond donors (Lipinski definition) is 0. The van der Waals surface area contributed by atoms with Gasteiger partial charge in [-0.05, 0) is 80.2 Å². The fourth-order valence-electron chi connectivity index (χ4n) is 7.33. The predicted octanol–water partition coefficient (Wildman–Crippen LogP) is 12.7. The molecule has 0 unspecified atom stereocenters. The number of nitrogens with zero attached hydrogens (tertiary/aromatic N) is 2. The molecule has 0 aliphatic rings. The fourth-order valence-corrected chi connectivity index (χ4v) is 8.46. The molecule has 10 aromatic rings. The molecule has 0 N–H and O–H groups in total. The Morgan fingerprint density at radius 2 is 1.15 bits per heavy atom. The summed E-state index contributed by atoms with van der Waals surface area (Å²) >= 11 is 1.82. The number of thiophene rings is 1. The van der Waals surface area contributed by atoms with Crippen LogP contribution in [0.4, 0.5) is 0 Å². The first kappa shape index (κ1) is 22.5. The van der Waals surface area contributed by atoms with Gasteiger partial charge < -0.3 is 0 Å². The van der Waals surface area contributed by atoms with Crippen LogP contribution in [0.1, 0.15) is 6.85 Å². The van der Waals surface area contributed by atoms with Gasteiger partial charge in [0.05, 0.1) is 17.9 Å². The molecular weight excluding hydrogens is 601 g/mol. The largest absolute Gasteiger partial charge is 0.292 e. The van der Waals surface area contributed by atoms with Gasteiger partial charge in [0.25, 0.3) is 0 Å². The fraction of sp³-hybridized carbons (Fsp3) is 0. The van der Waals surface area contributed by atoms with Crippen LogP contribution in [0.2, 0.25) is 0 Å². The van der Waals surface area contributed by atoms with E-state index in [4.69, 9.17) is 11.8 Å². The minimum atomic E-state index is -0.431. The van der Waals surface area contributed by atoms with E-state index in [2.05, 4.69) is 103 Å². The molecular formula is C45H28N2S. The van der Waals surface area contributed by atoms with Crippen molar-refractivity contribution in [2.45, 2.75) is 0 Å². The molecule has 0 fully saturated rings. The van der Waals surface area contributed by atoms with Crippen LogP contribution in [0, 0.1) is 0 Å². The Bertz CT molecular complexity index is 3060. The second-order valence-electron chi connectivity index (χ2n) is 11.9. The first-order valence-corrected chi connectivity index (χ1v) is 16.7. The molecule has 2 nitrogen and oxygen atoms in total. The summed E-state index contributed by atoms with van der Waals surface area (Å²) in [7, 11) is 0. The number of rotatable bonds is 4. The maximum Gasteiger partial charge on any atom is 0.145 e. The minimum Gasteiger partial charge on any atom is -0.292 e. The van der Waals surface area contributed by atoms with Gasteiger partial charge in [0.2, 0.25) is 0 Å². The Balaban J connectivity index is 1.26. The third kappa shape index (κ3) is 4.08. The molecule has 224 valence electrons. The Kier molecular flexibility index (Phi) is 5.04. The Morgan fingerprint density at radius 3 is 1.92 bits per heavy atom. The van der Waals surface area contributed by atoms with Crippen LogP contribution in [0.5, 0.6) is 0 Å². The van der Waals surface area contributed by atoms with Crippen molar-refractivity contribution in [3.8, 4) is 39.3 Å². The zero-order valence-corrected chi connectivity index (χ0v) is 26.4. The van der Waals surface area contributed by atoms with Crippen molar-refractivity contribution >= 4 is 64.1 Å². The van der Waals surface area contributed by atoms with Crippen LogP contribution >= 0.6 is 11.3 Å². The monoisotopic (exact) mass is 633 g/mol. The van der Waals surface area contributed by atoms with Crippen LogP contribution < -0.4 is 0 Å². The first-order valence-electron chi connectivity index (χ1n) is 18.4. The van der Waals surface area contributed by atoms with Crippen LogP contribution in [0.15, 0.2) is 170 Å². The summed E-state index contributed by atoms with van der Waals surface area (Å²) in [5.41, 5.74) is 6.76. The lowest BCUT2D eigenvalue weighted by molar-refractivity contribution is 1.10. The molecule has 2 aromatic heterocycles. The van der Waals surface area contributed by atoms with E-state index in [1.807, 2.05) is 52.3 Å². The smallest absolute Gasteiger partial charge is 0.145 e. The van der Waals surface area contributed by atoms with Gasteiger partial charge in [0.15, 0.2) is 0 Å². The lowest BCUT2D eigenvalue weighted by atomic mass is 9.85. The van der Waals surface area contributed by atoms with Crippen LogP contribution in [0.25, 0.3) is 92.1 Å². The SMILES string of the molecule is [2H]c1c([2H])c([2H])c(-c2nc3ccccc3n2-c2cccc(-c3c4ccccc4c(-c4cccc5sc6ccccc6c45)c4ccccc34)c2)c([2H])c1[2H]. The zero-order valence-electron chi connectivity index (χ0n) is 30.6. The highest BCUT2D eigenvalue weighted by molar-refractivity contribution is 7.25. The third-order valence-corrected chi connectivity index (χ3v) is 10.4. The van der Waals surface area contributed by atoms with Crippen molar-refractivity contribution in [1.29, 1.82) is 0 Å². The summed E-state index contributed by atoms with van der Waals surface area (Å²) in [5.74, 6) is 0.293. The molecule has 0 saturated heterocycles. The molecule has 0 saturated carbocycles. The van der Waals surface area contributed by atoms with E-state index in [0.717, 1.165) is 43.9 Å². The summed E-state index contributed by atoms with van der Waals surface area (Å²) in [5, 5.41) is 7.08. The van der Waals surface area contributed by atoms with E-state index in [0.29, 0.717) is 11.3 Å². The van der Waals surface area contributed by atoms with Crippen molar-refractivity contribution in [3.63, 3.8) is 0 Å². The van der Waals surface area contributed by atoms with E-state index >= 15 is 0 Å². The van der Waals surface area contributed by atoms with E-state index in [1.165, 1.54) is 31.3 Å². The Hall–Kier alpha value is -6.03.